The van der Waals surface area contributed by atoms with Crippen LogP contribution in [0.5, 0.6) is 23.0 Å². The van der Waals surface area contributed by atoms with Gasteiger partial charge >= 0.3 is 6.03 Å². The predicted molar refractivity (Wildman–Crippen MR) is 142 cm³/mol. The molecule has 0 saturated carbocycles. The lowest BCUT2D eigenvalue weighted by molar-refractivity contribution is -0.122. The van der Waals surface area contributed by atoms with Crippen molar-refractivity contribution in [1.29, 1.82) is 0 Å². The Labute approximate surface area is 227 Å². The number of amides is 4. The predicted octanol–water partition coefficient (Wildman–Crippen LogP) is 5.13. The van der Waals surface area contributed by atoms with Crippen LogP contribution in [0, 0.1) is 6.92 Å². The Morgan fingerprint density at radius 3 is 2.47 bits per heavy atom. The lowest BCUT2D eigenvalue weighted by Gasteiger charge is -2.26. The molecule has 3 aromatic rings. The monoisotopic (exact) mass is 578 g/mol. The normalized spacial score (nSPS) is 15.6. The number of halogens is 1. The molecule has 0 aliphatic carbocycles. The van der Waals surface area contributed by atoms with Crippen molar-refractivity contribution in [3.63, 3.8) is 0 Å². The summed E-state index contributed by atoms with van der Waals surface area (Å²) in [5, 5.41) is 2.24. The molecule has 5 rings (SSSR count). The second kappa shape index (κ2) is 10.6. The first-order valence-corrected chi connectivity index (χ1v) is 12.6. The van der Waals surface area contributed by atoms with E-state index < -0.39 is 17.8 Å². The third kappa shape index (κ3) is 5.08. The quantitative estimate of drug-likeness (QED) is 0.306. The summed E-state index contributed by atoms with van der Waals surface area (Å²) in [7, 11) is 0. The van der Waals surface area contributed by atoms with Gasteiger partial charge in [0.1, 0.15) is 12.2 Å². The number of carbonyl (C=O) groups excluding carboxylic acids is 3. The van der Waals surface area contributed by atoms with Crippen molar-refractivity contribution in [2.75, 3.05) is 18.3 Å². The maximum atomic E-state index is 13.3. The Morgan fingerprint density at radius 2 is 1.71 bits per heavy atom. The molecule has 1 fully saturated rings. The van der Waals surface area contributed by atoms with Crippen LogP contribution in [-0.2, 0) is 16.2 Å². The number of imide groups is 2. The number of aryl methyl sites for hydroxylation is 1. The van der Waals surface area contributed by atoms with Gasteiger partial charge in [-0.05, 0) is 67.4 Å². The largest absolute Gasteiger partial charge is 0.490 e. The SMILES string of the molecule is CCOc1cc(/C=C2\C(=O)NC(=O)N(c3ccc(C)cc3)C2=O)c(Br)cc1OCc1ccc2c(c1)OCO2. The van der Waals surface area contributed by atoms with Gasteiger partial charge in [-0.2, -0.15) is 0 Å². The van der Waals surface area contributed by atoms with Gasteiger partial charge in [0.25, 0.3) is 11.8 Å². The molecule has 0 atom stereocenters. The fraction of sp³-hybridized carbons (Fsp3) is 0.179. The molecule has 38 heavy (non-hydrogen) atoms. The van der Waals surface area contributed by atoms with E-state index in [1.54, 1.807) is 36.4 Å². The first kappa shape index (κ1) is 25.3. The van der Waals surface area contributed by atoms with Crippen LogP contribution in [0.4, 0.5) is 10.5 Å². The molecule has 0 unspecified atom stereocenters. The van der Waals surface area contributed by atoms with E-state index in [9.17, 15) is 14.4 Å². The van der Waals surface area contributed by atoms with E-state index in [1.165, 1.54) is 6.08 Å². The second-order valence-electron chi connectivity index (χ2n) is 8.52. The van der Waals surface area contributed by atoms with Crippen molar-refractivity contribution in [1.82, 2.24) is 5.32 Å². The van der Waals surface area contributed by atoms with Gasteiger partial charge in [-0.3, -0.25) is 14.9 Å². The molecule has 2 aliphatic rings. The van der Waals surface area contributed by atoms with E-state index in [1.807, 2.05) is 32.0 Å². The van der Waals surface area contributed by atoms with Crippen molar-refractivity contribution < 1.29 is 33.3 Å². The number of barbiturate groups is 1. The lowest BCUT2D eigenvalue weighted by atomic mass is 10.1. The zero-order valence-electron chi connectivity index (χ0n) is 20.6. The summed E-state index contributed by atoms with van der Waals surface area (Å²) in [5.74, 6) is 0.737. The number of anilines is 1. The highest BCUT2D eigenvalue weighted by molar-refractivity contribution is 9.10. The summed E-state index contributed by atoms with van der Waals surface area (Å²) in [6.45, 7) is 4.54. The van der Waals surface area contributed by atoms with Crippen LogP contribution >= 0.6 is 15.9 Å². The number of urea groups is 1. The molecule has 3 aromatic carbocycles. The zero-order valence-corrected chi connectivity index (χ0v) is 22.2. The smallest absolute Gasteiger partial charge is 0.335 e. The summed E-state index contributed by atoms with van der Waals surface area (Å²) < 4.78 is 23.2. The van der Waals surface area contributed by atoms with Gasteiger partial charge in [0.2, 0.25) is 6.79 Å². The number of ether oxygens (including phenoxy) is 4. The van der Waals surface area contributed by atoms with E-state index in [-0.39, 0.29) is 19.0 Å². The van der Waals surface area contributed by atoms with Gasteiger partial charge < -0.3 is 18.9 Å². The fourth-order valence-electron chi connectivity index (χ4n) is 3.98. The Balaban J connectivity index is 1.43. The number of fused-ring (bicyclic) bond motifs is 1. The molecule has 1 saturated heterocycles. The standard InChI is InChI=1S/C28H23BrN2O7/c1-3-35-24-12-18(21(29)13-25(24)36-14-17-6-9-22-23(10-17)38-15-37-22)11-20-26(32)30-28(34)31(27(20)33)19-7-4-16(2)5-8-19/h4-13H,3,14-15H2,1-2H3,(H,30,32,34)/b20-11+. The number of carbonyl (C=O) groups is 3. The van der Waals surface area contributed by atoms with Gasteiger partial charge in [0.15, 0.2) is 23.0 Å². The van der Waals surface area contributed by atoms with Crippen molar-refractivity contribution in [2.45, 2.75) is 20.5 Å². The number of nitrogens with one attached hydrogen (secondary N) is 1. The van der Waals surface area contributed by atoms with E-state index in [4.69, 9.17) is 18.9 Å². The first-order chi connectivity index (χ1) is 18.3. The van der Waals surface area contributed by atoms with Crippen molar-refractivity contribution in [2.24, 2.45) is 0 Å². The van der Waals surface area contributed by atoms with Crippen molar-refractivity contribution in [3.8, 4) is 23.0 Å². The van der Waals surface area contributed by atoms with Crippen LogP contribution in [0.15, 0.2) is 64.6 Å². The molecule has 0 radical (unpaired) electrons. The third-order valence-electron chi connectivity index (χ3n) is 5.89. The highest BCUT2D eigenvalue weighted by Crippen LogP contribution is 2.37. The maximum absolute atomic E-state index is 13.3. The molecule has 1 N–H and O–H groups in total. The third-order valence-corrected chi connectivity index (χ3v) is 6.57. The number of hydrogen-bond donors (Lipinski definition) is 1. The molecule has 0 bridgehead atoms. The first-order valence-electron chi connectivity index (χ1n) is 11.8. The summed E-state index contributed by atoms with van der Waals surface area (Å²) in [6, 6.07) is 15.0. The molecule has 0 spiro atoms. The average Bonchev–Trinajstić information content (AvgIpc) is 3.36. The average molecular weight is 579 g/mol. The Morgan fingerprint density at radius 1 is 0.974 bits per heavy atom. The van der Waals surface area contributed by atoms with Crippen LogP contribution in [0.1, 0.15) is 23.6 Å². The molecular formula is C28H23BrN2O7. The fourth-order valence-corrected chi connectivity index (χ4v) is 4.41. The van der Waals surface area contributed by atoms with Crippen LogP contribution in [0.2, 0.25) is 0 Å². The Hall–Kier alpha value is -4.31. The number of benzene rings is 3. The van der Waals surface area contributed by atoms with Gasteiger partial charge in [0, 0.05) is 4.47 Å². The minimum absolute atomic E-state index is 0.190. The minimum atomic E-state index is -0.803. The van der Waals surface area contributed by atoms with E-state index >= 15 is 0 Å². The molecule has 194 valence electrons. The summed E-state index contributed by atoms with van der Waals surface area (Å²) >= 11 is 3.51. The summed E-state index contributed by atoms with van der Waals surface area (Å²) in [6.07, 6.45) is 1.42. The molecule has 9 nitrogen and oxygen atoms in total. The van der Waals surface area contributed by atoms with Crippen LogP contribution < -0.4 is 29.2 Å². The van der Waals surface area contributed by atoms with Gasteiger partial charge in [-0.15, -0.1) is 0 Å². The van der Waals surface area contributed by atoms with Crippen molar-refractivity contribution in [3.05, 3.63) is 81.3 Å². The lowest BCUT2D eigenvalue weighted by Crippen LogP contribution is -2.54. The molecule has 2 aliphatic heterocycles. The van der Waals surface area contributed by atoms with Gasteiger partial charge in [0.05, 0.1) is 12.3 Å². The van der Waals surface area contributed by atoms with Crippen LogP contribution in [-0.4, -0.2) is 31.2 Å². The highest BCUT2D eigenvalue weighted by Gasteiger charge is 2.37. The molecular weight excluding hydrogens is 556 g/mol. The number of nitrogens with zero attached hydrogens (tertiary/aromatic N) is 1. The second-order valence-corrected chi connectivity index (χ2v) is 9.38. The van der Waals surface area contributed by atoms with Crippen LogP contribution in [0.3, 0.4) is 0 Å². The van der Waals surface area contributed by atoms with E-state index in [2.05, 4.69) is 21.2 Å². The van der Waals surface area contributed by atoms with Gasteiger partial charge in [-0.1, -0.05) is 39.7 Å². The molecule has 4 amide bonds. The number of rotatable bonds is 7. The van der Waals surface area contributed by atoms with Gasteiger partial charge in [-0.25, -0.2) is 9.69 Å². The Kier molecular flexibility index (Phi) is 7.06. The highest BCUT2D eigenvalue weighted by atomic mass is 79.9. The number of hydrogen-bond acceptors (Lipinski definition) is 7. The molecule has 10 heteroatoms. The van der Waals surface area contributed by atoms with Crippen molar-refractivity contribution >= 4 is 45.5 Å². The summed E-state index contributed by atoms with van der Waals surface area (Å²) in [4.78, 5) is 39.3. The molecule has 2 heterocycles. The molecule has 0 aromatic heterocycles. The minimum Gasteiger partial charge on any atom is -0.490 e. The van der Waals surface area contributed by atoms with E-state index in [0.717, 1.165) is 16.0 Å². The zero-order chi connectivity index (χ0) is 26.8. The maximum Gasteiger partial charge on any atom is 0.335 e. The van der Waals surface area contributed by atoms with Crippen LogP contribution in [0.25, 0.3) is 6.08 Å². The summed E-state index contributed by atoms with van der Waals surface area (Å²) in [5.41, 5.74) is 2.52. The topological polar surface area (TPSA) is 103 Å². The van der Waals surface area contributed by atoms with E-state index in [0.29, 0.717) is 45.3 Å². The Bertz CT molecular complexity index is 1470.